The summed E-state index contributed by atoms with van der Waals surface area (Å²) in [5, 5.41) is 14.2. The number of hydrogen-bond acceptors (Lipinski definition) is 5. The molecule has 1 amide bonds. The number of imidazole rings is 1. The number of para-hydroxylation sites is 2. The molecule has 0 saturated carbocycles. The molecule has 1 heterocycles. The van der Waals surface area contributed by atoms with Crippen LogP contribution in [0.3, 0.4) is 0 Å². The number of rotatable bonds is 10. The highest BCUT2D eigenvalue weighted by Gasteiger charge is 2.17. The van der Waals surface area contributed by atoms with Gasteiger partial charge >= 0.3 is 0 Å². The van der Waals surface area contributed by atoms with Crippen LogP contribution in [0.4, 0.5) is 0 Å². The summed E-state index contributed by atoms with van der Waals surface area (Å²) in [5.41, 5.74) is 2.58. The maximum atomic E-state index is 12.6. The fraction of sp³-hybridized carbons (Fsp3) is 0.231. The second-order valence-electron chi connectivity index (χ2n) is 7.85. The van der Waals surface area contributed by atoms with Crippen LogP contribution >= 0.6 is 11.6 Å². The van der Waals surface area contributed by atoms with Crippen LogP contribution in [0.15, 0.2) is 72.8 Å². The number of aliphatic hydroxyl groups excluding tert-OH is 1. The number of methoxy groups -OCH3 is 1. The Kier molecular flexibility index (Phi) is 7.67. The number of hydrogen-bond donors (Lipinski definition) is 2. The Morgan fingerprint density at radius 1 is 1.06 bits per heavy atom. The van der Waals surface area contributed by atoms with Gasteiger partial charge in [-0.15, -0.1) is 0 Å². The Morgan fingerprint density at radius 3 is 2.50 bits per heavy atom. The Hall–Kier alpha value is -3.55. The summed E-state index contributed by atoms with van der Waals surface area (Å²) in [6, 6.07) is 22.1. The lowest BCUT2D eigenvalue weighted by molar-refractivity contribution is -0.120. The molecule has 1 aromatic heterocycles. The molecule has 8 heteroatoms. The Labute approximate surface area is 202 Å². The molecule has 0 radical (unpaired) electrons. The molecule has 0 aliphatic rings. The van der Waals surface area contributed by atoms with E-state index in [0.717, 1.165) is 22.3 Å². The third-order valence-corrected chi connectivity index (χ3v) is 5.60. The smallest absolute Gasteiger partial charge is 0.227 e. The van der Waals surface area contributed by atoms with Crippen molar-refractivity contribution in [2.24, 2.45) is 0 Å². The topological polar surface area (TPSA) is 85.6 Å². The lowest BCUT2D eigenvalue weighted by Gasteiger charge is -2.16. The molecular formula is C26H26ClN3O4. The monoisotopic (exact) mass is 479 g/mol. The first kappa shape index (κ1) is 23.6. The first-order chi connectivity index (χ1) is 16.5. The van der Waals surface area contributed by atoms with E-state index < -0.39 is 6.10 Å². The van der Waals surface area contributed by atoms with Crippen LogP contribution in [0, 0.1) is 0 Å². The van der Waals surface area contributed by atoms with E-state index in [-0.39, 0.29) is 25.5 Å². The van der Waals surface area contributed by atoms with Crippen LogP contribution in [-0.2, 0) is 24.3 Å². The number of nitrogens with one attached hydrogen (secondary N) is 1. The van der Waals surface area contributed by atoms with Gasteiger partial charge in [-0.3, -0.25) is 4.79 Å². The van der Waals surface area contributed by atoms with Crippen molar-refractivity contribution >= 4 is 28.5 Å². The number of fused-ring (bicyclic) bond motifs is 1. The van der Waals surface area contributed by atoms with E-state index in [1.54, 1.807) is 43.5 Å². The largest absolute Gasteiger partial charge is 0.497 e. The summed E-state index contributed by atoms with van der Waals surface area (Å²) >= 11 is 5.92. The van der Waals surface area contributed by atoms with Crippen molar-refractivity contribution in [1.82, 2.24) is 14.9 Å². The van der Waals surface area contributed by atoms with Crippen molar-refractivity contribution in [3.63, 3.8) is 0 Å². The zero-order chi connectivity index (χ0) is 23.9. The van der Waals surface area contributed by atoms with Crippen LogP contribution in [0.25, 0.3) is 11.0 Å². The maximum absolute atomic E-state index is 12.6. The first-order valence-electron chi connectivity index (χ1n) is 10.9. The molecule has 34 heavy (non-hydrogen) atoms. The van der Waals surface area contributed by atoms with E-state index >= 15 is 0 Å². The van der Waals surface area contributed by atoms with Crippen LogP contribution in [-0.4, -0.2) is 40.4 Å². The van der Waals surface area contributed by atoms with Gasteiger partial charge in [0.05, 0.1) is 31.1 Å². The second-order valence-corrected chi connectivity index (χ2v) is 8.28. The van der Waals surface area contributed by atoms with Crippen LogP contribution in [0.2, 0.25) is 5.02 Å². The number of benzene rings is 3. The van der Waals surface area contributed by atoms with Crippen LogP contribution in [0.1, 0.15) is 11.4 Å². The predicted octanol–water partition coefficient (Wildman–Crippen LogP) is 4.00. The van der Waals surface area contributed by atoms with Crippen molar-refractivity contribution in [2.45, 2.75) is 25.6 Å². The molecule has 1 unspecified atom stereocenters. The van der Waals surface area contributed by atoms with Crippen LogP contribution < -0.4 is 14.8 Å². The molecule has 4 rings (SSSR count). The van der Waals surface area contributed by atoms with Gasteiger partial charge in [0.15, 0.2) is 0 Å². The summed E-state index contributed by atoms with van der Waals surface area (Å²) in [6.45, 7) is 0.742. The first-order valence-corrected chi connectivity index (χ1v) is 11.3. The zero-order valence-corrected chi connectivity index (χ0v) is 19.5. The van der Waals surface area contributed by atoms with Crippen molar-refractivity contribution in [1.29, 1.82) is 0 Å². The minimum Gasteiger partial charge on any atom is -0.497 e. The number of carbonyl (C=O) groups excluding carboxylic acids is 1. The van der Waals surface area contributed by atoms with Gasteiger partial charge in [-0.2, -0.15) is 0 Å². The van der Waals surface area contributed by atoms with Gasteiger partial charge in [-0.25, -0.2) is 4.98 Å². The van der Waals surface area contributed by atoms with Crippen molar-refractivity contribution in [2.75, 3.05) is 13.7 Å². The quantitative estimate of drug-likeness (QED) is 0.359. The van der Waals surface area contributed by atoms with Gasteiger partial charge in [0.25, 0.3) is 0 Å². The van der Waals surface area contributed by atoms with Gasteiger partial charge in [0.1, 0.15) is 30.0 Å². The van der Waals surface area contributed by atoms with Crippen LogP contribution in [0.5, 0.6) is 11.5 Å². The molecule has 0 bridgehead atoms. The number of halogens is 1. The van der Waals surface area contributed by atoms with Crippen molar-refractivity contribution < 1.29 is 19.4 Å². The van der Waals surface area contributed by atoms with E-state index in [2.05, 4.69) is 10.3 Å². The highest BCUT2D eigenvalue weighted by molar-refractivity contribution is 6.30. The summed E-state index contributed by atoms with van der Waals surface area (Å²) in [7, 11) is 1.60. The summed E-state index contributed by atoms with van der Waals surface area (Å²) in [5.74, 6) is 1.79. The minimum absolute atomic E-state index is 0.0916. The molecule has 176 valence electrons. The molecule has 0 saturated heterocycles. The fourth-order valence-corrected chi connectivity index (χ4v) is 3.73. The molecular weight excluding hydrogens is 454 g/mol. The molecule has 4 aromatic rings. The fourth-order valence-electron chi connectivity index (χ4n) is 3.60. The minimum atomic E-state index is -0.796. The zero-order valence-electron chi connectivity index (χ0n) is 18.8. The number of carbonyl (C=O) groups is 1. The molecule has 7 nitrogen and oxygen atoms in total. The lowest BCUT2D eigenvalue weighted by atomic mass is 10.2. The van der Waals surface area contributed by atoms with Crippen molar-refractivity contribution in [3.05, 3.63) is 89.2 Å². The third-order valence-electron chi connectivity index (χ3n) is 5.35. The van der Waals surface area contributed by atoms with E-state index in [1.165, 1.54) is 0 Å². The molecule has 1 atom stereocenters. The number of amides is 1. The summed E-state index contributed by atoms with van der Waals surface area (Å²) in [6.07, 6.45) is -0.704. The number of ether oxygens (including phenoxy) is 2. The van der Waals surface area contributed by atoms with Gasteiger partial charge in [-0.05, 0) is 54.1 Å². The number of aromatic nitrogens is 2. The molecule has 2 N–H and O–H groups in total. The normalized spacial score (nSPS) is 11.9. The highest BCUT2D eigenvalue weighted by atomic mass is 35.5. The second kappa shape index (κ2) is 11.0. The van der Waals surface area contributed by atoms with Gasteiger partial charge < -0.3 is 24.5 Å². The van der Waals surface area contributed by atoms with E-state index in [9.17, 15) is 9.90 Å². The molecule has 0 fully saturated rings. The summed E-state index contributed by atoms with van der Waals surface area (Å²) in [4.78, 5) is 17.3. The average Bonchev–Trinajstić information content (AvgIpc) is 3.19. The molecule has 0 aliphatic heterocycles. The Morgan fingerprint density at radius 2 is 1.76 bits per heavy atom. The number of nitrogens with zero attached hydrogens (tertiary/aromatic N) is 2. The van der Waals surface area contributed by atoms with Gasteiger partial charge in [0.2, 0.25) is 5.91 Å². The summed E-state index contributed by atoms with van der Waals surface area (Å²) < 4.78 is 12.7. The average molecular weight is 480 g/mol. The molecule has 0 aliphatic carbocycles. The number of aliphatic hydroxyl groups is 1. The van der Waals surface area contributed by atoms with E-state index in [1.807, 2.05) is 41.0 Å². The van der Waals surface area contributed by atoms with Gasteiger partial charge in [-0.1, -0.05) is 35.9 Å². The highest BCUT2D eigenvalue weighted by Crippen LogP contribution is 2.19. The van der Waals surface area contributed by atoms with E-state index in [0.29, 0.717) is 23.1 Å². The van der Waals surface area contributed by atoms with E-state index in [4.69, 9.17) is 21.1 Å². The van der Waals surface area contributed by atoms with Gasteiger partial charge in [0, 0.05) is 11.6 Å². The molecule has 0 spiro atoms. The maximum Gasteiger partial charge on any atom is 0.227 e. The van der Waals surface area contributed by atoms with Crippen molar-refractivity contribution in [3.8, 4) is 11.5 Å². The Balaban J connectivity index is 1.41. The Bertz CT molecular complexity index is 1240. The SMILES string of the molecule is COc1ccc(OCC(O)Cn2c(CC(=O)NCc3ccc(Cl)cc3)nc3ccccc32)cc1. The standard InChI is InChI=1S/C26H26ClN3O4/c1-33-21-10-12-22(13-11-21)34-17-20(31)16-30-24-5-3-2-4-23(24)29-25(30)14-26(32)28-15-18-6-8-19(27)9-7-18/h2-13,20,31H,14-17H2,1H3,(H,28,32). The molecule has 3 aromatic carbocycles. The third kappa shape index (κ3) is 6.07. The lowest BCUT2D eigenvalue weighted by Crippen LogP contribution is -2.28. The predicted molar refractivity (Wildman–Crippen MR) is 131 cm³/mol.